The highest BCUT2D eigenvalue weighted by molar-refractivity contribution is 7.89. The third-order valence-electron chi connectivity index (χ3n) is 36.9. The van der Waals surface area contributed by atoms with Crippen molar-refractivity contribution in [3.63, 3.8) is 0 Å². The van der Waals surface area contributed by atoms with Crippen LogP contribution in [0.2, 0.25) is 0 Å². The molecule has 12 fully saturated rings. The van der Waals surface area contributed by atoms with E-state index in [1.807, 2.05) is 79.7 Å². The number of anilines is 2. The Morgan fingerprint density at radius 1 is 0.432 bits per heavy atom. The number of nitrogens with zero attached hydrogens (tertiary/aromatic N) is 1. The van der Waals surface area contributed by atoms with Crippen LogP contribution in [0, 0.1) is 139 Å². The van der Waals surface area contributed by atoms with Gasteiger partial charge in [0.1, 0.15) is 0 Å². The summed E-state index contributed by atoms with van der Waals surface area (Å²) < 4.78 is 31.6. The van der Waals surface area contributed by atoms with E-state index in [1.54, 1.807) is 6.07 Å². The largest absolute Gasteiger partial charge is 0.393 e. The summed E-state index contributed by atoms with van der Waals surface area (Å²) in [6.07, 6.45) is 17.9. The zero-order chi connectivity index (χ0) is 78.6. The molecule has 0 aliphatic heterocycles. The Labute approximate surface area is 663 Å². The second-order valence-electron chi connectivity index (χ2n) is 41.6. The minimum absolute atomic E-state index is 0.0178. The molecule has 16 rings (SSSR count). The highest BCUT2D eigenvalue weighted by atomic mass is 32.2. The van der Waals surface area contributed by atoms with Crippen molar-refractivity contribution in [3.8, 4) is 0 Å². The van der Waals surface area contributed by atoms with Crippen LogP contribution in [-0.2, 0) is 24.4 Å². The fraction of sp³-hybridized carbons (Fsp3) is 0.755. The van der Waals surface area contributed by atoms with Gasteiger partial charge in [-0.25, -0.2) is 13.1 Å². The van der Waals surface area contributed by atoms with Crippen molar-refractivity contribution in [2.45, 2.75) is 295 Å². The van der Waals surface area contributed by atoms with Gasteiger partial charge in [0.25, 0.3) is 0 Å². The molecule has 0 spiro atoms. The lowest BCUT2D eigenvalue weighted by molar-refractivity contribution is -0.202. The van der Waals surface area contributed by atoms with Crippen LogP contribution in [0.3, 0.4) is 0 Å². The van der Waals surface area contributed by atoms with E-state index in [4.69, 9.17) is 0 Å². The molecule has 12 saturated carbocycles. The van der Waals surface area contributed by atoms with Crippen LogP contribution >= 0.6 is 0 Å². The predicted octanol–water partition coefficient (Wildman–Crippen LogP) is 15.4. The highest BCUT2D eigenvalue weighted by Crippen LogP contribution is 2.73. The second kappa shape index (κ2) is 30.0. The molecule has 12 aliphatic carbocycles. The first-order chi connectivity index (χ1) is 52.7. The van der Waals surface area contributed by atoms with Crippen molar-refractivity contribution in [1.82, 2.24) is 15.4 Å². The van der Waals surface area contributed by atoms with E-state index in [0.29, 0.717) is 69.6 Å². The van der Waals surface area contributed by atoms with Crippen LogP contribution in [0.1, 0.15) is 236 Å². The minimum Gasteiger partial charge on any atom is -0.393 e. The SMILES string of the molecule is C[C@H](CCC(=O)Nc1cccc2ccccc12)C1CCC2[C@@H]3C(CC(O)C21C)C1(C)CC[C@@H](NC(=O)CC[C@@H](C)C2CCC4[C@@H]5C(CC(O)C42C)C2(C)CC[C@@H](NC(=O)CC[C@@H](C)C4CCC6[C@@H]7C(CC(O)C64C)C4(C)CC[C@@H](NS(=O)(=O)c6cccc8c(N(C)C)cccc68)C[C@H]4C[C@@H]7O)C[C@H]2C[C@@H]5O)C[C@H]1C[C@@H]3O. The van der Waals surface area contributed by atoms with E-state index in [9.17, 15) is 53.4 Å². The molecule has 18 unspecified atom stereocenters. The van der Waals surface area contributed by atoms with E-state index in [2.05, 4.69) is 95.1 Å². The molecular formula is C94H137N5O11S. The van der Waals surface area contributed by atoms with Crippen LogP contribution in [0.25, 0.3) is 21.5 Å². The summed E-state index contributed by atoms with van der Waals surface area (Å²) in [5.41, 5.74) is 0.479. The number of aliphatic hydroxyl groups is 6. The summed E-state index contributed by atoms with van der Waals surface area (Å²) in [6.45, 7) is 21.0. The number of aliphatic hydroxyl groups excluding tert-OH is 6. The summed E-state index contributed by atoms with van der Waals surface area (Å²) in [6, 6.07) is 25.2. The van der Waals surface area contributed by atoms with Gasteiger partial charge in [0.2, 0.25) is 27.7 Å². The molecule has 0 radical (unpaired) electrons. The molecule has 12 aliphatic rings. The summed E-state index contributed by atoms with van der Waals surface area (Å²) in [4.78, 5) is 44.1. The van der Waals surface area contributed by atoms with Gasteiger partial charge in [-0.2, -0.15) is 0 Å². The second-order valence-corrected chi connectivity index (χ2v) is 43.3. The Hall–Kier alpha value is -4.72. The van der Waals surface area contributed by atoms with Crippen molar-refractivity contribution in [2.24, 2.45) is 139 Å². The number of hydrogen-bond acceptors (Lipinski definition) is 12. The fourth-order valence-corrected chi connectivity index (χ4v) is 32.3. The van der Waals surface area contributed by atoms with Crippen LogP contribution in [0.5, 0.6) is 0 Å². The number of rotatable bonds is 19. The third-order valence-corrected chi connectivity index (χ3v) is 38.5. The maximum absolute atomic E-state index is 14.3. The molecule has 610 valence electrons. The van der Waals surface area contributed by atoms with E-state index < -0.39 is 46.6 Å². The summed E-state index contributed by atoms with van der Waals surface area (Å²) >= 11 is 0. The van der Waals surface area contributed by atoms with Gasteiger partial charge >= 0.3 is 0 Å². The van der Waals surface area contributed by atoms with Gasteiger partial charge in [-0.1, -0.05) is 123 Å². The van der Waals surface area contributed by atoms with Gasteiger partial charge in [-0.15, -0.1) is 0 Å². The van der Waals surface area contributed by atoms with E-state index in [1.165, 1.54) is 0 Å². The molecule has 3 amide bonds. The maximum atomic E-state index is 14.3. The Balaban J connectivity index is 0.478. The molecule has 4 aromatic rings. The van der Waals surface area contributed by atoms with Gasteiger partial charge in [-0.05, 0) is 317 Å². The number of benzene rings is 4. The normalized spacial score (nSPS) is 44.4. The predicted molar refractivity (Wildman–Crippen MR) is 438 cm³/mol. The Morgan fingerprint density at radius 3 is 1.26 bits per heavy atom. The molecule has 0 bridgehead atoms. The Kier molecular flexibility index (Phi) is 21.7. The molecule has 10 N–H and O–H groups in total. The van der Waals surface area contributed by atoms with Crippen molar-refractivity contribution in [2.75, 3.05) is 24.3 Å². The number of nitrogens with one attached hydrogen (secondary N) is 4. The monoisotopic (exact) mass is 1540 g/mol. The van der Waals surface area contributed by atoms with Crippen molar-refractivity contribution in [1.29, 1.82) is 0 Å². The van der Waals surface area contributed by atoms with Crippen molar-refractivity contribution >= 4 is 60.7 Å². The molecule has 0 heterocycles. The third kappa shape index (κ3) is 13.4. The number of fused-ring (bicyclic) bond motifs is 17. The lowest BCUT2D eigenvalue weighted by Gasteiger charge is -2.64. The summed E-state index contributed by atoms with van der Waals surface area (Å²) in [7, 11) is 0.0776. The van der Waals surface area contributed by atoms with Crippen molar-refractivity contribution < 1.29 is 53.4 Å². The number of carbonyl (C=O) groups excluding carboxylic acids is 3. The Bertz CT molecular complexity index is 4230. The van der Waals surface area contributed by atoms with Crippen molar-refractivity contribution in [3.05, 3.63) is 78.9 Å². The number of amides is 3. The van der Waals surface area contributed by atoms with Gasteiger partial charge in [0.15, 0.2) is 0 Å². The number of carbonyl (C=O) groups is 3. The lowest BCUT2D eigenvalue weighted by atomic mass is 9.43. The summed E-state index contributed by atoms with van der Waals surface area (Å²) in [5, 5.41) is 88.7. The molecular weight excluding hydrogens is 1410 g/mol. The van der Waals surface area contributed by atoms with Gasteiger partial charge < -0.3 is 51.5 Å². The average molecular weight is 1550 g/mol. The molecule has 4 aromatic carbocycles. The first-order valence-corrected chi connectivity index (χ1v) is 45.9. The average Bonchev–Trinajstić information content (AvgIpc) is 1.67. The van der Waals surface area contributed by atoms with Gasteiger partial charge in [0, 0.05) is 79.0 Å². The zero-order valence-corrected chi connectivity index (χ0v) is 69.6. The van der Waals surface area contributed by atoms with Crippen LogP contribution in [0.4, 0.5) is 11.4 Å². The number of hydrogen-bond donors (Lipinski definition) is 10. The minimum atomic E-state index is -3.85. The Morgan fingerprint density at radius 2 is 0.811 bits per heavy atom. The lowest BCUT2D eigenvalue weighted by Crippen LogP contribution is -2.63. The summed E-state index contributed by atoms with van der Waals surface area (Å²) in [5.74, 6) is 3.49. The van der Waals surface area contributed by atoms with Gasteiger partial charge in [0.05, 0.1) is 41.5 Å². The van der Waals surface area contributed by atoms with Crippen LogP contribution in [-0.4, -0.2) is 126 Å². The van der Waals surface area contributed by atoms with Gasteiger partial charge in [-0.3, -0.25) is 14.4 Å². The first-order valence-electron chi connectivity index (χ1n) is 44.4. The zero-order valence-electron chi connectivity index (χ0n) is 68.8. The van der Waals surface area contributed by atoms with Crippen LogP contribution < -0.4 is 25.6 Å². The van der Waals surface area contributed by atoms with E-state index >= 15 is 0 Å². The number of sulfonamides is 1. The molecule has 33 atom stereocenters. The molecule has 16 nitrogen and oxygen atoms in total. The molecule has 17 heteroatoms. The fourth-order valence-electron chi connectivity index (χ4n) is 30.8. The standard InChI is InChI=1S/C94H137N5O11S/c1-52(25-34-83(106)95-60-38-41-90(5)57(44-60)47-77(101)87-69-33-30-67(94(69,9)81(104)50-72(87)90)54(3)27-36-85(108)97-74-22-14-18-55-17-12-13-19-62(55)74)65-28-31-68-86-71(49-80(103)92(65,68)7)89(4)40-37-59(43-56(89)46-76(86)100)96-84(107)35-26-53(2)66-29-32-70-88-73(51-82(105)93(66,70)8)91(6)42-39-61(45-58(91)48-78(88)102)98-111(109,110)79-24-16-20-63-64(79)21-15-23-75(63)99(10)11/h12-24,52-54,56-61,65-73,76-78,80-82,86-88,98,100-105H,25-51H2,1-11H3,(H,95,106)(H,96,107)(H,97,108)/t52-,53-,54-,56+,57+,58+,59-,60-,61-,65?,66?,67?,68?,69?,70?,71?,72?,73?,76+,77+,78+,80?,81?,82?,86-,87-,88-,89?,90?,91?,92?,93?,94?/m1/s1. The topological polar surface area (TPSA) is 258 Å². The quantitative estimate of drug-likeness (QED) is 0.0421. The molecule has 0 saturated heterocycles. The van der Waals surface area contributed by atoms with Crippen LogP contribution in [0.15, 0.2) is 83.8 Å². The molecule has 111 heavy (non-hydrogen) atoms. The smallest absolute Gasteiger partial charge is 0.241 e. The maximum Gasteiger partial charge on any atom is 0.241 e. The first kappa shape index (κ1) is 80.1. The highest BCUT2D eigenvalue weighted by Gasteiger charge is 2.70. The van der Waals surface area contributed by atoms with E-state index in [-0.39, 0.29) is 180 Å². The van der Waals surface area contributed by atoms with E-state index in [0.717, 1.165) is 137 Å². The molecule has 0 aromatic heterocycles.